The summed E-state index contributed by atoms with van der Waals surface area (Å²) in [6, 6.07) is 14.9. The molecule has 0 amide bonds. The number of H-pyrrole nitrogens is 1. The molecule has 5 rings (SSSR count). The molecule has 1 aliphatic heterocycles. The van der Waals surface area contributed by atoms with Gasteiger partial charge in [-0.15, -0.1) is 0 Å². The summed E-state index contributed by atoms with van der Waals surface area (Å²) in [6.45, 7) is 3.80. The number of carbonyl (C=O) groups excluding carboxylic acids is 1. The normalized spacial score (nSPS) is 16.1. The topological polar surface area (TPSA) is 76.4 Å². The number of aromatic amines is 1. The van der Waals surface area contributed by atoms with Gasteiger partial charge in [-0.3, -0.25) is 9.36 Å². The summed E-state index contributed by atoms with van der Waals surface area (Å²) in [5.74, 6) is -0.455. The van der Waals surface area contributed by atoms with Gasteiger partial charge in [0.1, 0.15) is 0 Å². The van der Waals surface area contributed by atoms with E-state index in [2.05, 4.69) is 25.9 Å². The maximum atomic E-state index is 13.6. The van der Waals surface area contributed by atoms with Crippen LogP contribution in [0.25, 0.3) is 17.0 Å². The van der Waals surface area contributed by atoms with Crippen LogP contribution in [0, 0.1) is 0 Å². The van der Waals surface area contributed by atoms with Gasteiger partial charge in [-0.25, -0.2) is 9.79 Å². The molecule has 2 aromatic heterocycles. The van der Waals surface area contributed by atoms with E-state index in [1.165, 1.54) is 11.3 Å². The highest BCUT2D eigenvalue weighted by Gasteiger charge is 2.33. The van der Waals surface area contributed by atoms with Gasteiger partial charge < -0.3 is 9.72 Å². The van der Waals surface area contributed by atoms with Crippen LogP contribution in [0.15, 0.2) is 80.3 Å². The summed E-state index contributed by atoms with van der Waals surface area (Å²) in [7, 11) is 0. The molecule has 1 atom stereocenters. The van der Waals surface area contributed by atoms with Crippen molar-refractivity contribution in [3.8, 4) is 0 Å². The second-order valence-corrected chi connectivity index (χ2v) is 9.57. The van der Waals surface area contributed by atoms with Crippen molar-refractivity contribution < 1.29 is 9.53 Å². The minimum absolute atomic E-state index is 0.189. The fraction of sp³-hybridized carbons (Fsp3) is 0.160. The van der Waals surface area contributed by atoms with Crippen molar-refractivity contribution in [1.82, 2.24) is 9.55 Å². The van der Waals surface area contributed by atoms with Crippen LogP contribution in [-0.4, -0.2) is 22.1 Å². The minimum Gasteiger partial charge on any atom is -0.463 e. The largest absolute Gasteiger partial charge is 0.463 e. The molecule has 4 aromatic rings. The average molecular weight is 522 g/mol. The van der Waals surface area contributed by atoms with E-state index in [0.29, 0.717) is 20.6 Å². The number of halogens is 1. The Morgan fingerprint density at radius 2 is 2.06 bits per heavy atom. The summed E-state index contributed by atoms with van der Waals surface area (Å²) in [5.41, 5.74) is 3.49. The van der Waals surface area contributed by atoms with Crippen LogP contribution in [0.2, 0.25) is 0 Å². The molecule has 6 nitrogen and oxygen atoms in total. The number of hydrogen-bond donors (Lipinski definition) is 1. The Morgan fingerprint density at radius 3 is 2.82 bits per heavy atom. The highest BCUT2D eigenvalue weighted by Crippen LogP contribution is 2.30. The monoisotopic (exact) mass is 521 g/mol. The highest BCUT2D eigenvalue weighted by molar-refractivity contribution is 9.10. The molecule has 0 bridgehead atoms. The Morgan fingerprint density at radius 1 is 1.27 bits per heavy atom. The van der Waals surface area contributed by atoms with E-state index in [9.17, 15) is 9.59 Å². The molecule has 0 saturated carbocycles. The van der Waals surface area contributed by atoms with Crippen molar-refractivity contribution in [2.45, 2.75) is 19.9 Å². The Bertz CT molecular complexity index is 1600. The van der Waals surface area contributed by atoms with E-state index < -0.39 is 12.0 Å². The Kier molecular flexibility index (Phi) is 5.64. The fourth-order valence-corrected chi connectivity index (χ4v) is 5.52. The lowest BCUT2D eigenvalue weighted by Gasteiger charge is -2.24. The number of nitrogens with zero attached hydrogens (tertiary/aromatic N) is 2. The molecule has 0 fully saturated rings. The second-order valence-electron chi connectivity index (χ2n) is 7.65. The first-order valence-electron chi connectivity index (χ1n) is 10.5. The standard InChI is InChI=1S/C25H20BrN3O3S/c1-3-32-24(31)21-14(2)28-25-29(22(21)15-7-5-4-6-8-15)23(30)20(33-25)11-16-13-27-19-10-9-17(26)12-18(16)19/h4-13,22,27H,3H2,1-2H3/b20-11+. The summed E-state index contributed by atoms with van der Waals surface area (Å²) in [4.78, 5) is 35.0. The van der Waals surface area contributed by atoms with Gasteiger partial charge in [-0.05, 0) is 43.7 Å². The Hall–Kier alpha value is -3.23. The zero-order valence-electron chi connectivity index (χ0n) is 18.0. The van der Waals surface area contributed by atoms with Crippen LogP contribution in [0.3, 0.4) is 0 Å². The predicted octanol–water partition coefficient (Wildman–Crippen LogP) is 4.04. The molecule has 1 N–H and O–H groups in total. The maximum absolute atomic E-state index is 13.6. The van der Waals surface area contributed by atoms with Gasteiger partial charge in [0.2, 0.25) is 0 Å². The summed E-state index contributed by atoms with van der Waals surface area (Å²) in [6.07, 6.45) is 3.76. The molecule has 1 aliphatic rings. The number of rotatable bonds is 4. The van der Waals surface area contributed by atoms with Crippen LogP contribution in [0.1, 0.15) is 31.0 Å². The van der Waals surface area contributed by atoms with Gasteiger partial charge in [0.05, 0.1) is 28.5 Å². The number of fused-ring (bicyclic) bond motifs is 2. The van der Waals surface area contributed by atoms with Gasteiger partial charge in [-0.2, -0.15) is 0 Å². The maximum Gasteiger partial charge on any atom is 0.338 e. The number of benzene rings is 2. The zero-order chi connectivity index (χ0) is 23.1. The van der Waals surface area contributed by atoms with E-state index in [4.69, 9.17) is 4.74 Å². The van der Waals surface area contributed by atoms with Crippen molar-refractivity contribution in [3.05, 3.63) is 101 Å². The fourth-order valence-electron chi connectivity index (χ4n) is 4.12. The molecular weight excluding hydrogens is 502 g/mol. The van der Waals surface area contributed by atoms with Crippen LogP contribution in [-0.2, 0) is 9.53 Å². The van der Waals surface area contributed by atoms with Crippen LogP contribution < -0.4 is 14.9 Å². The zero-order valence-corrected chi connectivity index (χ0v) is 20.4. The molecule has 0 saturated heterocycles. The van der Waals surface area contributed by atoms with Gasteiger partial charge in [0.15, 0.2) is 4.80 Å². The van der Waals surface area contributed by atoms with Gasteiger partial charge in [0.25, 0.3) is 5.56 Å². The third kappa shape index (κ3) is 3.79. The predicted molar refractivity (Wildman–Crippen MR) is 133 cm³/mol. The number of allylic oxidation sites excluding steroid dienone is 1. The summed E-state index contributed by atoms with van der Waals surface area (Å²) >= 11 is 4.83. The number of hydrogen-bond acceptors (Lipinski definition) is 5. The van der Waals surface area contributed by atoms with Crippen LogP contribution in [0.4, 0.5) is 0 Å². The molecule has 8 heteroatoms. The summed E-state index contributed by atoms with van der Waals surface area (Å²) in [5, 5.41) is 1.01. The van der Waals surface area contributed by atoms with E-state index in [1.54, 1.807) is 18.4 Å². The number of carbonyl (C=O) groups is 1. The third-order valence-electron chi connectivity index (χ3n) is 5.59. The van der Waals surface area contributed by atoms with Crippen molar-refractivity contribution >= 4 is 50.2 Å². The smallest absolute Gasteiger partial charge is 0.338 e. The van der Waals surface area contributed by atoms with Gasteiger partial charge in [0, 0.05) is 27.1 Å². The number of nitrogens with one attached hydrogen (secondary N) is 1. The molecule has 0 aliphatic carbocycles. The molecule has 2 aromatic carbocycles. The number of aromatic nitrogens is 2. The highest BCUT2D eigenvalue weighted by atomic mass is 79.9. The van der Waals surface area contributed by atoms with Crippen LogP contribution >= 0.6 is 27.3 Å². The van der Waals surface area contributed by atoms with E-state index in [-0.39, 0.29) is 12.2 Å². The molecule has 166 valence electrons. The second kappa shape index (κ2) is 8.61. The van der Waals surface area contributed by atoms with Crippen LogP contribution in [0.5, 0.6) is 0 Å². The molecule has 33 heavy (non-hydrogen) atoms. The van der Waals surface area contributed by atoms with E-state index in [0.717, 1.165) is 26.5 Å². The summed E-state index contributed by atoms with van der Waals surface area (Å²) < 4.78 is 8.44. The lowest BCUT2D eigenvalue weighted by Crippen LogP contribution is -2.39. The Balaban J connectivity index is 1.74. The third-order valence-corrected chi connectivity index (χ3v) is 7.07. The van der Waals surface area contributed by atoms with E-state index >= 15 is 0 Å². The van der Waals surface area contributed by atoms with E-state index in [1.807, 2.05) is 60.8 Å². The Labute approximate surface area is 201 Å². The lowest BCUT2D eigenvalue weighted by molar-refractivity contribution is -0.139. The molecule has 1 unspecified atom stereocenters. The first-order chi connectivity index (χ1) is 16.0. The molecule has 3 heterocycles. The minimum atomic E-state index is -0.597. The molecular formula is C25H20BrN3O3S. The first kappa shape index (κ1) is 21.6. The molecule has 0 radical (unpaired) electrons. The van der Waals surface area contributed by atoms with Gasteiger partial charge >= 0.3 is 5.97 Å². The van der Waals surface area contributed by atoms with Crippen molar-refractivity contribution in [3.63, 3.8) is 0 Å². The van der Waals surface area contributed by atoms with Crippen molar-refractivity contribution in [1.29, 1.82) is 0 Å². The number of esters is 1. The average Bonchev–Trinajstić information content (AvgIpc) is 3.34. The first-order valence-corrected chi connectivity index (χ1v) is 12.1. The number of ether oxygens (including phenoxy) is 1. The SMILES string of the molecule is CCOC(=O)C1=C(C)N=c2s/c(=C/c3c[nH]c4ccc(Br)cc34)c(=O)n2C1c1ccccc1. The van der Waals surface area contributed by atoms with Crippen molar-refractivity contribution in [2.24, 2.45) is 4.99 Å². The number of thiazole rings is 1. The molecule has 0 spiro atoms. The van der Waals surface area contributed by atoms with Crippen molar-refractivity contribution in [2.75, 3.05) is 6.61 Å². The van der Waals surface area contributed by atoms with Gasteiger partial charge in [-0.1, -0.05) is 57.6 Å². The lowest BCUT2D eigenvalue weighted by atomic mass is 9.96. The quantitative estimate of drug-likeness (QED) is 0.411.